The standard InChI is InChI=1S/C10H16N2O2/c1-7(2)9(13)4-8-5-10(14-3)12-6-11-8/h5-7,9,13H,4H2,1-3H3. The maximum atomic E-state index is 9.64. The molecule has 0 aliphatic heterocycles. The molecule has 0 saturated heterocycles. The van der Waals surface area contributed by atoms with Gasteiger partial charge >= 0.3 is 0 Å². The Hall–Kier alpha value is -1.16. The van der Waals surface area contributed by atoms with Crippen molar-refractivity contribution in [2.75, 3.05) is 7.11 Å². The SMILES string of the molecule is COc1cc(CC(O)C(C)C)ncn1. The highest BCUT2D eigenvalue weighted by Gasteiger charge is 2.11. The molecule has 1 aromatic rings. The van der Waals surface area contributed by atoms with Crippen LogP contribution in [0.4, 0.5) is 0 Å². The summed E-state index contributed by atoms with van der Waals surface area (Å²) in [6.45, 7) is 3.95. The predicted molar refractivity (Wildman–Crippen MR) is 53.1 cm³/mol. The second-order valence-electron chi connectivity index (χ2n) is 3.57. The molecule has 14 heavy (non-hydrogen) atoms. The summed E-state index contributed by atoms with van der Waals surface area (Å²) in [5.74, 6) is 0.766. The van der Waals surface area contributed by atoms with Crippen LogP contribution in [0.25, 0.3) is 0 Å². The molecule has 0 bridgehead atoms. The van der Waals surface area contributed by atoms with Crippen LogP contribution in [0, 0.1) is 5.92 Å². The van der Waals surface area contributed by atoms with Crippen LogP contribution in [0.3, 0.4) is 0 Å². The number of aliphatic hydroxyl groups excluding tert-OH is 1. The van der Waals surface area contributed by atoms with Crippen molar-refractivity contribution in [2.45, 2.75) is 26.4 Å². The van der Waals surface area contributed by atoms with E-state index in [1.54, 1.807) is 13.2 Å². The van der Waals surface area contributed by atoms with Gasteiger partial charge in [-0.2, -0.15) is 0 Å². The zero-order valence-electron chi connectivity index (χ0n) is 8.77. The first kappa shape index (κ1) is 10.9. The molecule has 1 N–H and O–H groups in total. The van der Waals surface area contributed by atoms with Gasteiger partial charge < -0.3 is 9.84 Å². The lowest BCUT2D eigenvalue weighted by Crippen LogP contribution is -2.18. The minimum atomic E-state index is -0.366. The monoisotopic (exact) mass is 196 g/mol. The van der Waals surface area contributed by atoms with Gasteiger partial charge in [-0.05, 0) is 5.92 Å². The van der Waals surface area contributed by atoms with Crippen molar-refractivity contribution in [1.29, 1.82) is 0 Å². The molecule has 0 radical (unpaired) electrons. The molecule has 0 spiro atoms. The van der Waals surface area contributed by atoms with Crippen LogP contribution in [0.2, 0.25) is 0 Å². The maximum Gasteiger partial charge on any atom is 0.216 e. The molecule has 0 fully saturated rings. The summed E-state index contributed by atoms with van der Waals surface area (Å²) in [4.78, 5) is 7.95. The summed E-state index contributed by atoms with van der Waals surface area (Å²) < 4.78 is 4.96. The van der Waals surface area contributed by atoms with Crippen LogP contribution in [0.1, 0.15) is 19.5 Å². The Balaban J connectivity index is 2.66. The van der Waals surface area contributed by atoms with Crippen LogP contribution in [0.5, 0.6) is 5.88 Å². The van der Waals surface area contributed by atoms with E-state index in [4.69, 9.17) is 4.74 Å². The van der Waals surface area contributed by atoms with Gasteiger partial charge in [-0.15, -0.1) is 0 Å². The van der Waals surface area contributed by atoms with E-state index in [2.05, 4.69) is 9.97 Å². The van der Waals surface area contributed by atoms with E-state index in [9.17, 15) is 5.11 Å². The first-order chi connectivity index (χ1) is 6.63. The zero-order chi connectivity index (χ0) is 10.6. The Morgan fingerprint density at radius 2 is 2.14 bits per heavy atom. The highest BCUT2D eigenvalue weighted by Crippen LogP contribution is 2.11. The fraction of sp³-hybridized carbons (Fsp3) is 0.600. The lowest BCUT2D eigenvalue weighted by Gasteiger charge is -2.13. The van der Waals surface area contributed by atoms with E-state index in [-0.39, 0.29) is 12.0 Å². The van der Waals surface area contributed by atoms with Crippen molar-refractivity contribution < 1.29 is 9.84 Å². The second kappa shape index (κ2) is 4.91. The number of rotatable bonds is 4. The first-order valence-corrected chi connectivity index (χ1v) is 4.66. The molecule has 1 atom stereocenters. The third kappa shape index (κ3) is 2.96. The van der Waals surface area contributed by atoms with Gasteiger partial charge in [-0.3, -0.25) is 0 Å². The van der Waals surface area contributed by atoms with E-state index in [1.807, 2.05) is 13.8 Å². The molecule has 1 aromatic heterocycles. The number of hydrogen-bond acceptors (Lipinski definition) is 4. The van der Waals surface area contributed by atoms with Crippen molar-refractivity contribution >= 4 is 0 Å². The minimum absolute atomic E-state index is 0.232. The van der Waals surface area contributed by atoms with E-state index < -0.39 is 0 Å². The van der Waals surface area contributed by atoms with Crippen molar-refractivity contribution in [3.63, 3.8) is 0 Å². The average Bonchev–Trinajstić information content (AvgIpc) is 2.18. The van der Waals surface area contributed by atoms with Gasteiger partial charge in [0.15, 0.2) is 0 Å². The third-order valence-corrected chi connectivity index (χ3v) is 2.10. The van der Waals surface area contributed by atoms with Crippen molar-refractivity contribution in [2.24, 2.45) is 5.92 Å². The Morgan fingerprint density at radius 3 is 2.71 bits per heavy atom. The van der Waals surface area contributed by atoms with Gasteiger partial charge in [0, 0.05) is 12.5 Å². The fourth-order valence-corrected chi connectivity index (χ4v) is 1.05. The van der Waals surface area contributed by atoms with Gasteiger partial charge in [0.05, 0.1) is 18.9 Å². The summed E-state index contributed by atoms with van der Waals surface area (Å²) in [6.07, 6.45) is 1.62. The fourth-order valence-electron chi connectivity index (χ4n) is 1.05. The first-order valence-electron chi connectivity index (χ1n) is 4.66. The molecule has 1 unspecified atom stereocenters. The molecule has 0 saturated carbocycles. The van der Waals surface area contributed by atoms with Crippen molar-refractivity contribution in [3.8, 4) is 5.88 Å². The minimum Gasteiger partial charge on any atom is -0.481 e. The van der Waals surface area contributed by atoms with Gasteiger partial charge in [0.1, 0.15) is 6.33 Å². The molecule has 4 nitrogen and oxygen atoms in total. The Morgan fingerprint density at radius 1 is 1.43 bits per heavy atom. The van der Waals surface area contributed by atoms with Crippen LogP contribution < -0.4 is 4.74 Å². The number of methoxy groups -OCH3 is 1. The molecule has 1 heterocycles. The number of hydrogen-bond donors (Lipinski definition) is 1. The molecule has 0 aliphatic rings. The highest BCUT2D eigenvalue weighted by atomic mass is 16.5. The maximum absolute atomic E-state index is 9.64. The van der Waals surface area contributed by atoms with E-state index in [0.29, 0.717) is 12.3 Å². The van der Waals surface area contributed by atoms with Crippen LogP contribution in [-0.4, -0.2) is 28.3 Å². The molecule has 78 valence electrons. The number of aliphatic hydroxyl groups is 1. The number of nitrogens with zero attached hydrogens (tertiary/aromatic N) is 2. The van der Waals surface area contributed by atoms with Crippen LogP contribution in [0.15, 0.2) is 12.4 Å². The van der Waals surface area contributed by atoms with E-state index >= 15 is 0 Å². The second-order valence-corrected chi connectivity index (χ2v) is 3.57. The smallest absolute Gasteiger partial charge is 0.216 e. The number of ether oxygens (including phenoxy) is 1. The molecule has 0 aliphatic carbocycles. The lowest BCUT2D eigenvalue weighted by atomic mass is 10.0. The zero-order valence-corrected chi connectivity index (χ0v) is 8.77. The van der Waals surface area contributed by atoms with Gasteiger partial charge in [0.25, 0.3) is 0 Å². The van der Waals surface area contributed by atoms with Crippen molar-refractivity contribution in [1.82, 2.24) is 9.97 Å². The Labute approximate surface area is 84.0 Å². The third-order valence-electron chi connectivity index (χ3n) is 2.10. The lowest BCUT2D eigenvalue weighted by molar-refractivity contribution is 0.124. The van der Waals surface area contributed by atoms with Crippen molar-refractivity contribution in [3.05, 3.63) is 18.1 Å². The summed E-state index contributed by atoms with van der Waals surface area (Å²) in [5.41, 5.74) is 0.804. The molecule has 0 aromatic carbocycles. The van der Waals surface area contributed by atoms with E-state index in [1.165, 1.54) is 6.33 Å². The quantitative estimate of drug-likeness (QED) is 0.782. The average molecular weight is 196 g/mol. The topological polar surface area (TPSA) is 55.2 Å². The Bertz CT molecular complexity index is 289. The normalized spacial score (nSPS) is 12.9. The molecular weight excluding hydrogens is 180 g/mol. The van der Waals surface area contributed by atoms with E-state index in [0.717, 1.165) is 5.69 Å². The molecule has 4 heteroatoms. The van der Waals surface area contributed by atoms with Gasteiger partial charge in [-0.25, -0.2) is 9.97 Å². The summed E-state index contributed by atoms with van der Waals surface area (Å²) in [6, 6.07) is 1.74. The molecule has 0 amide bonds. The van der Waals surface area contributed by atoms with Crippen LogP contribution in [-0.2, 0) is 6.42 Å². The summed E-state index contributed by atoms with van der Waals surface area (Å²) in [7, 11) is 1.56. The summed E-state index contributed by atoms with van der Waals surface area (Å²) in [5, 5.41) is 9.64. The summed E-state index contributed by atoms with van der Waals surface area (Å²) >= 11 is 0. The largest absolute Gasteiger partial charge is 0.481 e. The highest BCUT2D eigenvalue weighted by molar-refractivity contribution is 5.13. The molecule has 1 rings (SSSR count). The number of aromatic nitrogens is 2. The van der Waals surface area contributed by atoms with Crippen LogP contribution >= 0.6 is 0 Å². The van der Waals surface area contributed by atoms with Gasteiger partial charge in [-0.1, -0.05) is 13.8 Å². The predicted octanol–water partition coefficient (Wildman–Crippen LogP) is 1.04. The van der Waals surface area contributed by atoms with Gasteiger partial charge in [0.2, 0.25) is 5.88 Å². The Kier molecular flexibility index (Phi) is 3.83. The molecular formula is C10H16N2O2.